The molecule has 0 unspecified atom stereocenters. The van der Waals surface area contributed by atoms with Gasteiger partial charge in [-0.1, -0.05) is 0 Å². The summed E-state index contributed by atoms with van der Waals surface area (Å²) in [4.78, 5) is 33.3. The van der Waals surface area contributed by atoms with Crippen LogP contribution >= 0.6 is 27.5 Å². The lowest BCUT2D eigenvalue weighted by Crippen LogP contribution is -2.55. The third kappa shape index (κ3) is 2.85. The normalized spacial score (nSPS) is 21.7. The van der Waals surface area contributed by atoms with Crippen molar-refractivity contribution in [2.75, 3.05) is 18.0 Å². The third-order valence-corrected chi connectivity index (χ3v) is 5.93. The first-order valence-electron chi connectivity index (χ1n) is 8.03. The first-order chi connectivity index (χ1) is 12.8. The van der Waals surface area contributed by atoms with E-state index in [1.807, 2.05) is 0 Å². The average Bonchev–Trinajstić information content (AvgIpc) is 2.88. The second kappa shape index (κ2) is 6.41. The number of aromatic nitrogens is 2. The average molecular weight is 461 g/mol. The number of anilines is 1. The van der Waals surface area contributed by atoms with E-state index in [9.17, 15) is 24.4 Å². The summed E-state index contributed by atoms with van der Waals surface area (Å²) in [5.74, 6) is -0.627. The molecular formula is C15H12BrClFN5O4. The molecule has 12 heteroatoms. The van der Waals surface area contributed by atoms with E-state index in [2.05, 4.69) is 25.9 Å². The lowest BCUT2D eigenvalue weighted by atomic mass is 10.1. The van der Waals surface area contributed by atoms with E-state index in [1.165, 1.54) is 11.0 Å². The highest BCUT2D eigenvalue weighted by atomic mass is 79.9. The van der Waals surface area contributed by atoms with Crippen LogP contribution < -0.4 is 4.90 Å². The van der Waals surface area contributed by atoms with Gasteiger partial charge in [0, 0.05) is 19.2 Å². The van der Waals surface area contributed by atoms with Gasteiger partial charge in [-0.15, -0.1) is 0 Å². The molecular weight excluding hydrogens is 449 g/mol. The number of carbonyl (C=O) groups is 1. The van der Waals surface area contributed by atoms with Crippen LogP contribution in [0, 0.1) is 15.9 Å². The molecule has 0 saturated carbocycles. The Morgan fingerprint density at radius 2 is 2.00 bits per heavy atom. The number of nitro groups is 1. The van der Waals surface area contributed by atoms with Gasteiger partial charge in [0.05, 0.1) is 22.4 Å². The molecule has 27 heavy (non-hydrogen) atoms. The van der Waals surface area contributed by atoms with Crippen molar-refractivity contribution < 1.29 is 19.2 Å². The second-order valence-corrected chi connectivity index (χ2v) is 7.60. The predicted molar refractivity (Wildman–Crippen MR) is 97.7 cm³/mol. The molecule has 2 aromatic rings. The Hall–Kier alpha value is -2.27. The molecule has 9 nitrogen and oxygen atoms in total. The second-order valence-electron chi connectivity index (χ2n) is 6.47. The summed E-state index contributed by atoms with van der Waals surface area (Å²) < 4.78 is 14.4. The fourth-order valence-electron chi connectivity index (χ4n) is 3.91. The first-order valence-corrected chi connectivity index (χ1v) is 9.21. The van der Waals surface area contributed by atoms with Crippen LogP contribution in [0.4, 0.5) is 20.7 Å². The predicted octanol–water partition coefficient (Wildman–Crippen LogP) is 3.42. The minimum absolute atomic E-state index is 0.129. The number of carboxylic acid groups (broad SMARTS) is 1. The van der Waals surface area contributed by atoms with Crippen LogP contribution in [0.2, 0.25) is 5.28 Å². The molecule has 1 aromatic carbocycles. The summed E-state index contributed by atoms with van der Waals surface area (Å²) in [6.07, 6.45) is 0.451. The van der Waals surface area contributed by atoms with Gasteiger partial charge in [0.15, 0.2) is 5.82 Å². The van der Waals surface area contributed by atoms with E-state index in [0.717, 1.165) is 0 Å². The maximum atomic E-state index is 14.7. The topological polar surface area (TPSA) is 113 Å². The van der Waals surface area contributed by atoms with E-state index < -0.39 is 22.5 Å². The Balaban J connectivity index is 1.85. The number of halogens is 3. The zero-order valence-electron chi connectivity index (χ0n) is 13.6. The lowest BCUT2D eigenvalue weighted by molar-refractivity contribution is -0.385. The molecule has 2 aliphatic heterocycles. The first kappa shape index (κ1) is 18.1. The fourth-order valence-corrected chi connectivity index (χ4v) is 4.52. The Bertz CT molecular complexity index is 979. The molecule has 0 radical (unpaired) electrons. The van der Waals surface area contributed by atoms with Gasteiger partial charge in [0.1, 0.15) is 15.8 Å². The zero-order chi connectivity index (χ0) is 19.5. The maximum absolute atomic E-state index is 14.7. The van der Waals surface area contributed by atoms with Crippen molar-refractivity contribution in [1.29, 1.82) is 0 Å². The van der Waals surface area contributed by atoms with Gasteiger partial charge >= 0.3 is 6.09 Å². The summed E-state index contributed by atoms with van der Waals surface area (Å²) in [6.45, 7) is 0.688. The van der Waals surface area contributed by atoms with Crippen LogP contribution in [-0.4, -0.2) is 56.2 Å². The van der Waals surface area contributed by atoms with Gasteiger partial charge in [-0.3, -0.25) is 15.0 Å². The molecule has 2 bridgehead atoms. The molecule has 1 amide bonds. The molecule has 142 valence electrons. The number of nitrogens with zero attached hydrogens (tertiary/aromatic N) is 5. The highest BCUT2D eigenvalue weighted by Crippen LogP contribution is 2.39. The number of rotatable bonds is 2. The number of nitro benzene ring substituents is 1. The lowest BCUT2D eigenvalue weighted by Gasteiger charge is -2.40. The minimum Gasteiger partial charge on any atom is -0.465 e. The molecule has 2 atom stereocenters. The highest BCUT2D eigenvalue weighted by molar-refractivity contribution is 9.10. The monoisotopic (exact) mass is 459 g/mol. The standard InChI is InChI=1S/C15H12BrClFN5O4/c16-10-9(23(26)27)3-8-12(11(10)18)19-14(17)20-13(8)21-4-6-1-2-7(5-21)22(6)15(24)25/h3,6-7H,1-2,4-5H2,(H,24,25)/t6-,7+. The SMILES string of the molecule is O=C(O)N1[C@@H]2CC[C@H]1CN(c1nc(Cl)nc3c(F)c(Br)c([N+](=O)[O-])cc13)C2. The van der Waals surface area contributed by atoms with Crippen LogP contribution in [-0.2, 0) is 0 Å². The Labute approximate surface area is 165 Å². The molecule has 2 aliphatic rings. The third-order valence-electron chi connectivity index (χ3n) is 5.00. The maximum Gasteiger partial charge on any atom is 0.407 e. The van der Waals surface area contributed by atoms with Gasteiger partial charge in [-0.2, -0.15) is 4.98 Å². The number of benzene rings is 1. The minimum atomic E-state index is -0.974. The zero-order valence-corrected chi connectivity index (χ0v) is 15.9. The van der Waals surface area contributed by atoms with Crippen molar-refractivity contribution in [1.82, 2.24) is 14.9 Å². The van der Waals surface area contributed by atoms with Crippen molar-refractivity contribution in [2.45, 2.75) is 24.9 Å². The van der Waals surface area contributed by atoms with E-state index in [4.69, 9.17) is 11.6 Å². The fraction of sp³-hybridized carbons (Fsp3) is 0.400. The number of hydrogen-bond acceptors (Lipinski definition) is 6. The van der Waals surface area contributed by atoms with E-state index in [0.29, 0.717) is 25.9 Å². The Kier molecular flexibility index (Phi) is 4.30. The molecule has 1 aromatic heterocycles. The van der Waals surface area contributed by atoms with Crippen LogP contribution in [0.3, 0.4) is 0 Å². The summed E-state index contributed by atoms with van der Waals surface area (Å²) >= 11 is 8.86. The number of hydrogen-bond donors (Lipinski definition) is 1. The highest BCUT2D eigenvalue weighted by Gasteiger charge is 2.43. The van der Waals surface area contributed by atoms with E-state index in [1.54, 1.807) is 4.90 Å². The summed E-state index contributed by atoms with van der Waals surface area (Å²) in [5.41, 5.74) is -0.574. The summed E-state index contributed by atoms with van der Waals surface area (Å²) in [6, 6.07) is 0.764. The number of piperazine rings is 1. The largest absolute Gasteiger partial charge is 0.465 e. The van der Waals surface area contributed by atoms with Gasteiger partial charge in [-0.05, 0) is 40.4 Å². The van der Waals surface area contributed by atoms with Crippen LogP contribution in [0.25, 0.3) is 10.9 Å². The van der Waals surface area contributed by atoms with Crippen molar-refractivity contribution in [2.24, 2.45) is 0 Å². The summed E-state index contributed by atoms with van der Waals surface area (Å²) in [5, 5.41) is 20.6. The molecule has 4 rings (SSSR count). The molecule has 0 spiro atoms. The van der Waals surface area contributed by atoms with E-state index in [-0.39, 0.29) is 38.6 Å². The smallest absolute Gasteiger partial charge is 0.407 e. The van der Waals surface area contributed by atoms with E-state index >= 15 is 0 Å². The van der Waals surface area contributed by atoms with Gasteiger partial charge in [0.25, 0.3) is 5.69 Å². The van der Waals surface area contributed by atoms with Crippen molar-refractivity contribution in [3.05, 3.63) is 31.8 Å². The molecule has 1 N–H and O–H groups in total. The van der Waals surface area contributed by atoms with Crippen LogP contribution in [0.15, 0.2) is 10.5 Å². The summed E-state index contributed by atoms with van der Waals surface area (Å²) in [7, 11) is 0. The van der Waals surface area contributed by atoms with Gasteiger partial charge in [0.2, 0.25) is 5.28 Å². The number of amides is 1. The van der Waals surface area contributed by atoms with Crippen LogP contribution in [0.1, 0.15) is 12.8 Å². The number of fused-ring (bicyclic) bond motifs is 3. The van der Waals surface area contributed by atoms with Gasteiger partial charge < -0.3 is 10.0 Å². The van der Waals surface area contributed by atoms with Crippen LogP contribution in [0.5, 0.6) is 0 Å². The van der Waals surface area contributed by atoms with Crippen molar-refractivity contribution in [3.63, 3.8) is 0 Å². The molecule has 2 fully saturated rings. The Morgan fingerprint density at radius 1 is 1.37 bits per heavy atom. The molecule has 2 saturated heterocycles. The van der Waals surface area contributed by atoms with Crippen molar-refractivity contribution in [3.8, 4) is 0 Å². The molecule has 0 aliphatic carbocycles. The Morgan fingerprint density at radius 3 is 2.56 bits per heavy atom. The van der Waals surface area contributed by atoms with Crippen molar-refractivity contribution >= 4 is 56.0 Å². The molecule has 3 heterocycles. The quantitative estimate of drug-likeness (QED) is 0.415. The van der Waals surface area contributed by atoms with Gasteiger partial charge in [-0.25, -0.2) is 14.2 Å².